The molecule has 0 aliphatic heterocycles. The number of para-hydroxylation sites is 1. The van der Waals surface area contributed by atoms with Gasteiger partial charge in [-0.2, -0.15) is 0 Å². The molecule has 4 aromatic rings. The van der Waals surface area contributed by atoms with E-state index < -0.39 is 0 Å². The van der Waals surface area contributed by atoms with E-state index in [4.69, 9.17) is 4.98 Å². The van der Waals surface area contributed by atoms with Gasteiger partial charge in [0.25, 0.3) is 0 Å². The number of rotatable bonds is 1. The van der Waals surface area contributed by atoms with Crippen LogP contribution in [-0.4, -0.2) is 9.97 Å². The molecule has 0 unspecified atom stereocenters. The smallest absolute Gasteiger partial charge is 0.0972 e. The number of benzene rings is 2. The van der Waals surface area contributed by atoms with Crippen LogP contribution in [0, 0.1) is 6.92 Å². The lowest BCUT2D eigenvalue weighted by molar-refractivity contribution is 1.19. The van der Waals surface area contributed by atoms with E-state index in [1.165, 1.54) is 10.8 Å². The Kier molecular flexibility index (Phi) is 2.68. The average molecular weight is 270 g/mol. The number of aromatic nitrogens is 2. The highest BCUT2D eigenvalue weighted by Crippen LogP contribution is 2.31. The van der Waals surface area contributed by atoms with Crippen molar-refractivity contribution in [3.8, 4) is 11.4 Å². The summed E-state index contributed by atoms with van der Waals surface area (Å²) in [6.07, 6.45) is 0. The number of fused-ring (bicyclic) bond motifs is 3. The molecule has 2 heteroatoms. The highest BCUT2D eigenvalue weighted by atomic mass is 14.8. The molecule has 100 valence electrons. The maximum absolute atomic E-state index is 4.85. The largest absolute Gasteiger partial charge is 0.251 e. The van der Waals surface area contributed by atoms with Gasteiger partial charge in [0.2, 0.25) is 0 Å². The van der Waals surface area contributed by atoms with E-state index in [0.717, 1.165) is 28.0 Å². The van der Waals surface area contributed by atoms with Gasteiger partial charge in [-0.25, -0.2) is 4.98 Å². The second kappa shape index (κ2) is 4.67. The van der Waals surface area contributed by atoms with Gasteiger partial charge in [-0.05, 0) is 30.5 Å². The van der Waals surface area contributed by atoms with Gasteiger partial charge in [0.1, 0.15) is 0 Å². The van der Waals surface area contributed by atoms with Crippen molar-refractivity contribution >= 4 is 21.7 Å². The summed E-state index contributed by atoms with van der Waals surface area (Å²) in [6.45, 7) is 2.01. The van der Waals surface area contributed by atoms with Gasteiger partial charge in [0.15, 0.2) is 0 Å². The van der Waals surface area contributed by atoms with Crippen molar-refractivity contribution in [2.75, 3.05) is 0 Å². The SMILES string of the molecule is Cc1cccc(-c2nc3ccccc3c3ccccc23)n1. The van der Waals surface area contributed by atoms with Crippen LogP contribution in [0.2, 0.25) is 0 Å². The molecule has 0 bridgehead atoms. The van der Waals surface area contributed by atoms with Gasteiger partial charge in [-0.1, -0.05) is 48.5 Å². The fourth-order valence-electron chi connectivity index (χ4n) is 2.77. The lowest BCUT2D eigenvalue weighted by Crippen LogP contribution is -1.92. The summed E-state index contributed by atoms with van der Waals surface area (Å²) >= 11 is 0. The molecule has 0 saturated carbocycles. The summed E-state index contributed by atoms with van der Waals surface area (Å²) in [5.41, 5.74) is 3.89. The maximum atomic E-state index is 4.85. The number of nitrogens with zero attached hydrogens (tertiary/aromatic N) is 2. The van der Waals surface area contributed by atoms with Crippen molar-refractivity contribution in [2.45, 2.75) is 6.92 Å². The second-order valence-corrected chi connectivity index (χ2v) is 5.19. The van der Waals surface area contributed by atoms with Crippen molar-refractivity contribution in [3.05, 3.63) is 72.4 Å². The Hall–Kier alpha value is -2.74. The first-order valence-electron chi connectivity index (χ1n) is 7.04. The molecule has 0 N–H and O–H groups in total. The molecule has 21 heavy (non-hydrogen) atoms. The Balaban J connectivity index is 2.16. The molecule has 4 rings (SSSR count). The zero-order valence-electron chi connectivity index (χ0n) is 11.7. The Morgan fingerprint density at radius 1 is 0.619 bits per heavy atom. The monoisotopic (exact) mass is 270 g/mol. The first-order chi connectivity index (χ1) is 10.3. The van der Waals surface area contributed by atoms with Crippen molar-refractivity contribution in [1.29, 1.82) is 0 Å². The molecule has 0 saturated heterocycles. The summed E-state index contributed by atoms with van der Waals surface area (Å²) in [5, 5.41) is 3.56. The lowest BCUT2D eigenvalue weighted by Gasteiger charge is -2.09. The fourth-order valence-corrected chi connectivity index (χ4v) is 2.77. The van der Waals surface area contributed by atoms with E-state index in [1.807, 2.05) is 31.2 Å². The van der Waals surface area contributed by atoms with Gasteiger partial charge >= 0.3 is 0 Å². The van der Waals surface area contributed by atoms with E-state index >= 15 is 0 Å². The molecule has 0 spiro atoms. The van der Waals surface area contributed by atoms with Crippen LogP contribution in [-0.2, 0) is 0 Å². The molecule has 0 atom stereocenters. The van der Waals surface area contributed by atoms with Crippen molar-refractivity contribution in [3.63, 3.8) is 0 Å². The molecule has 0 amide bonds. The molecule has 2 aromatic heterocycles. The summed E-state index contributed by atoms with van der Waals surface area (Å²) in [5.74, 6) is 0. The third kappa shape index (κ3) is 1.96. The molecule has 0 radical (unpaired) electrons. The summed E-state index contributed by atoms with van der Waals surface area (Å²) in [6, 6.07) is 22.7. The third-order valence-corrected chi connectivity index (χ3v) is 3.74. The molecule has 0 aliphatic carbocycles. The first kappa shape index (κ1) is 12.0. The highest BCUT2D eigenvalue weighted by molar-refractivity contribution is 6.10. The van der Waals surface area contributed by atoms with E-state index in [2.05, 4.69) is 47.4 Å². The summed E-state index contributed by atoms with van der Waals surface area (Å²) in [7, 11) is 0. The van der Waals surface area contributed by atoms with Crippen LogP contribution in [0.4, 0.5) is 0 Å². The minimum Gasteiger partial charge on any atom is -0.251 e. The predicted molar refractivity (Wildman–Crippen MR) is 87.2 cm³/mol. The highest BCUT2D eigenvalue weighted by Gasteiger charge is 2.10. The van der Waals surface area contributed by atoms with E-state index in [1.54, 1.807) is 0 Å². The number of pyridine rings is 2. The number of hydrogen-bond donors (Lipinski definition) is 0. The van der Waals surface area contributed by atoms with Crippen LogP contribution in [0.1, 0.15) is 5.69 Å². The molecule has 2 nitrogen and oxygen atoms in total. The molecule has 0 aliphatic rings. The molecular formula is C19H14N2. The molecular weight excluding hydrogens is 256 g/mol. The summed E-state index contributed by atoms with van der Waals surface area (Å²) in [4.78, 5) is 9.49. The zero-order chi connectivity index (χ0) is 14.2. The Morgan fingerprint density at radius 3 is 2.14 bits per heavy atom. The van der Waals surface area contributed by atoms with Crippen molar-refractivity contribution in [2.24, 2.45) is 0 Å². The first-order valence-corrected chi connectivity index (χ1v) is 7.04. The molecule has 0 fully saturated rings. The number of hydrogen-bond acceptors (Lipinski definition) is 2. The molecule has 2 heterocycles. The van der Waals surface area contributed by atoms with Crippen LogP contribution < -0.4 is 0 Å². The lowest BCUT2D eigenvalue weighted by atomic mass is 10.0. The third-order valence-electron chi connectivity index (χ3n) is 3.74. The zero-order valence-corrected chi connectivity index (χ0v) is 11.7. The van der Waals surface area contributed by atoms with Crippen molar-refractivity contribution in [1.82, 2.24) is 9.97 Å². The van der Waals surface area contributed by atoms with Gasteiger partial charge in [0.05, 0.1) is 16.9 Å². The van der Waals surface area contributed by atoms with E-state index in [0.29, 0.717) is 0 Å². The normalized spacial score (nSPS) is 11.1. The van der Waals surface area contributed by atoms with Crippen LogP contribution in [0.25, 0.3) is 33.1 Å². The van der Waals surface area contributed by atoms with Gasteiger partial charge in [-0.3, -0.25) is 4.98 Å². The summed E-state index contributed by atoms with van der Waals surface area (Å²) < 4.78 is 0. The van der Waals surface area contributed by atoms with Gasteiger partial charge < -0.3 is 0 Å². The minimum atomic E-state index is 0.928. The van der Waals surface area contributed by atoms with Crippen molar-refractivity contribution < 1.29 is 0 Å². The minimum absolute atomic E-state index is 0.928. The van der Waals surface area contributed by atoms with Crippen LogP contribution in [0.3, 0.4) is 0 Å². The predicted octanol–water partition coefficient (Wildman–Crippen LogP) is 4.76. The van der Waals surface area contributed by atoms with Crippen LogP contribution in [0.5, 0.6) is 0 Å². The molecule has 2 aromatic carbocycles. The van der Waals surface area contributed by atoms with Crippen LogP contribution in [0.15, 0.2) is 66.7 Å². The average Bonchev–Trinajstić information content (AvgIpc) is 2.54. The van der Waals surface area contributed by atoms with Gasteiger partial charge in [-0.15, -0.1) is 0 Å². The Morgan fingerprint density at radius 2 is 1.33 bits per heavy atom. The quantitative estimate of drug-likeness (QED) is 0.466. The Bertz CT molecular complexity index is 958. The topological polar surface area (TPSA) is 25.8 Å². The standard InChI is InChI=1S/C19H14N2/c1-13-7-6-12-18(20-13)19-16-10-3-2-8-14(16)15-9-4-5-11-17(15)21-19/h2-12H,1H3. The fraction of sp³-hybridized carbons (Fsp3) is 0.0526. The Labute approximate surface area is 123 Å². The van der Waals surface area contributed by atoms with E-state index in [-0.39, 0.29) is 0 Å². The van der Waals surface area contributed by atoms with Gasteiger partial charge in [0, 0.05) is 16.5 Å². The van der Waals surface area contributed by atoms with Crippen LogP contribution >= 0.6 is 0 Å². The van der Waals surface area contributed by atoms with E-state index in [9.17, 15) is 0 Å². The maximum Gasteiger partial charge on any atom is 0.0972 e. The second-order valence-electron chi connectivity index (χ2n) is 5.19. The number of aryl methyl sites for hydroxylation is 1.